The molecule has 1 saturated heterocycles. The summed E-state index contributed by atoms with van der Waals surface area (Å²) in [7, 11) is 1.68. The number of ether oxygens (including phenoxy) is 2. The second kappa shape index (κ2) is 7.27. The highest BCUT2D eigenvalue weighted by Crippen LogP contribution is 2.28. The number of benzene rings is 1. The number of nitrogens with zero attached hydrogens (tertiary/aromatic N) is 2. The Kier molecular flexibility index (Phi) is 5.08. The van der Waals surface area contributed by atoms with E-state index in [4.69, 9.17) is 14.0 Å². The van der Waals surface area contributed by atoms with Crippen molar-refractivity contribution in [2.75, 3.05) is 26.8 Å². The Labute approximate surface area is 147 Å². The van der Waals surface area contributed by atoms with E-state index in [1.165, 1.54) is 6.26 Å². The van der Waals surface area contributed by atoms with E-state index < -0.39 is 5.60 Å². The molecule has 6 nitrogen and oxygen atoms in total. The van der Waals surface area contributed by atoms with Gasteiger partial charge >= 0.3 is 0 Å². The zero-order valence-electron chi connectivity index (χ0n) is 14.9. The number of rotatable bonds is 5. The van der Waals surface area contributed by atoms with Crippen molar-refractivity contribution in [1.82, 2.24) is 10.1 Å². The molecule has 6 heteroatoms. The molecule has 0 bridgehead atoms. The third-order valence-electron chi connectivity index (χ3n) is 4.82. The van der Waals surface area contributed by atoms with Crippen LogP contribution in [0.1, 0.15) is 34.5 Å². The molecule has 0 unspecified atom stereocenters. The van der Waals surface area contributed by atoms with Crippen LogP contribution in [0.3, 0.4) is 0 Å². The number of aryl methyl sites for hydroxylation is 2. The quantitative estimate of drug-likeness (QED) is 0.834. The molecule has 2 heterocycles. The lowest BCUT2D eigenvalue weighted by atomic mass is 9.92. The van der Waals surface area contributed by atoms with Gasteiger partial charge in [-0.25, -0.2) is 0 Å². The molecule has 0 spiro atoms. The van der Waals surface area contributed by atoms with Crippen molar-refractivity contribution in [3.05, 3.63) is 47.3 Å². The largest absolute Gasteiger partial charge is 0.490 e. The number of carbonyl (C=O) groups is 1. The number of likely N-dealkylation sites (tertiary alicyclic amines) is 1. The summed E-state index contributed by atoms with van der Waals surface area (Å²) in [6.07, 6.45) is 3.12. The first-order chi connectivity index (χ1) is 12.0. The van der Waals surface area contributed by atoms with E-state index in [1.807, 2.05) is 31.2 Å². The Morgan fingerprint density at radius 1 is 1.36 bits per heavy atom. The molecule has 1 aromatic carbocycles. The normalized spacial score (nSPS) is 20.5. The summed E-state index contributed by atoms with van der Waals surface area (Å²) in [5, 5.41) is 3.80. The third-order valence-corrected chi connectivity index (χ3v) is 4.82. The average Bonchev–Trinajstić information content (AvgIpc) is 3.06. The lowest BCUT2D eigenvalue weighted by Gasteiger charge is -2.41. The van der Waals surface area contributed by atoms with Crippen LogP contribution >= 0.6 is 0 Å². The zero-order valence-corrected chi connectivity index (χ0v) is 14.9. The van der Waals surface area contributed by atoms with Gasteiger partial charge in [0, 0.05) is 13.7 Å². The van der Waals surface area contributed by atoms with Crippen molar-refractivity contribution in [3.8, 4) is 5.75 Å². The fraction of sp³-hybridized carbons (Fsp3) is 0.474. The Morgan fingerprint density at radius 2 is 2.16 bits per heavy atom. The molecular formula is C19H24N2O4. The monoisotopic (exact) mass is 344 g/mol. The van der Waals surface area contributed by atoms with Crippen molar-refractivity contribution in [3.63, 3.8) is 0 Å². The molecule has 0 radical (unpaired) electrons. The summed E-state index contributed by atoms with van der Waals surface area (Å²) in [6, 6.07) is 7.90. The predicted octanol–water partition coefficient (Wildman–Crippen LogP) is 2.99. The van der Waals surface area contributed by atoms with Gasteiger partial charge in [0.15, 0.2) is 0 Å². The van der Waals surface area contributed by atoms with E-state index in [-0.39, 0.29) is 5.91 Å². The molecular weight excluding hydrogens is 320 g/mol. The molecule has 134 valence electrons. The van der Waals surface area contributed by atoms with Crippen LogP contribution in [-0.4, -0.2) is 48.4 Å². The van der Waals surface area contributed by atoms with Crippen LogP contribution < -0.4 is 4.74 Å². The highest BCUT2D eigenvalue weighted by molar-refractivity contribution is 5.94. The third kappa shape index (κ3) is 3.69. The fourth-order valence-electron chi connectivity index (χ4n) is 3.21. The Balaban J connectivity index is 1.71. The molecule has 1 aliphatic heterocycles. The van der Waals surface area contributed by atoms with Crippen LogP contribution in [0.2, 0.25) is 0 Å². The first-order valence-electron chi connectivity index (χ1n) is 8.48. The number of amides is 1. The van der Waals surface area contributed by atoms with Crippen molar-refractivity contribution in [2.45, 2.75) is 32.3 Å². The maximum absolute atomic E-state index is 12.7. The van der Waals surface area contributed by atoms with Gasteiger partial charge in [-0.1, -0.05) is 23.4 Å². The number of para-hydroxylation sites is 1. The van der Waals surface area contributed by atoms with E-state index in [9.17, 15) is 4.79 Å². The van der Waals surface area contributed by atoms with Gasteiger partial charge in [0.25, 0.3) is 5.91 Å². The summed E-state index contributed by atoms with van der Waals surface area (Å²) < 4.78 is 16.7. The lowest BCUT2D eigenvalue weighted by Crippen LogP contribution is -2.54. The average molecular weight is 344 g/mol. The van der Waals surface area contributed by atoms with E-state index in [2.05, 4.69) is 5.16 Å². The van der Waals surface area contributed by atoms with E-state index in [0.29, 0.717) is 31.0 Å². The number of piperidine rings is 1. The summed E-state index contributed by atoms with van der Waals surface area (Å²) in [4.78, 5) is 14.5. The maximum Gasteiger partial charge on any atom is 0.259 e. The van der Waals surface area contributed by atoms with E-state index in [1.54, 1.807) is 18.9 Å². The number of hydrogen-bond acceptors (Lipinski definition) is 5. The Bertz CT molecular complexity index is 743. The smallest absolute Gasteiger partial charge is 0.259 e. The molecule has 25 heavy (non-hydrogen) atoms. The standard InChI is InChI=1S/C19H24N2O4/c1-14-7-4-5-8-17(14)24-13-19(23-3)9-6-10-21(12-19)18(22)16-11-25-20-15(16)2/h4-5,7-8,11H,6,9-10,12-13H2,1-3H3/t19-/m0/s1. The van der Waals surface area contributed by atoms with Crippen LogP contribution in [0.25, 0.3) is 0 Å². The number of aromatic nitrogens is 1. The van der Waals surface area contributed by atoms with Crippen molar-refractivity contribution in [1.29, 1.82) is 0 Å². The van der Waals surface area contributed by atoms with Crippen LogP contribution in [0.15, 0.2) is 35.1 Å². The molecule has 0 aliphatic carbocycles. The zero-order chi connectivity index (χ0) is 17.9. The summed E-state index contributed by atoms with van der Waals surface area (Å²) in [5.41, 5.74) is 1.68. The molecule has 0 saturated carbocycles. The van der Waals surface area contributed by atoms with Gasteiger partial charge in [0.05, 0.1) is 12.2 Å². The highest BCUT2D eigenvalue weighted by atomic mass is 16.5. The Hall–Kier alpha value is -2.34. The fourth-order valence-corrected chi connectivity index (χ4v) is 3.21. The minimum atomic E-state index is -0.513. The Morgan fingerprint density at radius 3 is 2.84 bits per heavy atom. The van der Waals surface area contributed by atoms with Crippen LogP contribution in [0, 0.1) is 13.8 Å². The van der Waals surface area contributed by atoms with Gasteiger partial charge in [-0.2, -0.15) is 0 Å². The highest BCUT2D eigenvalue weighted by Gasteiger charge is 2.39. The van der Waals surface area contributed by atoms with Gasteiger partial charge in [-0.3, -0.25) is 4.79 Å². The molecule has 1 amide bonds. The van der Waals surface area contributed by atoms with Crippen molar-refractivity contribution >= 4 is 5.91 Å². The molecule has 1 atom stereocenters. The molecule has 1 aliphatic rings. The number of methoxy groups -OCH3 is 1. The molecule has 1 aromatic heterocycles. The second-order valence-electron chi connectivity index (χ2n) is 6.59. The molecule has 1 fully saturated rings. The van der Waals surface area contributed by atoms with E-state index in [0.717, 1.165) is 24.2 Å². The number of hydrogen-bond donors (Lipinski definition) is 0. The molecule has 0 N–H and O–H groups in total. The number of carbonyl (C=O) groups excluding carboxylic acids is 1. The predicted molar refractivity (Wildman–Crippen MR) is 92.8 cm³/mol. The maximum atomic E-state index is 12.7. The van der Waals surface area contributed by atoms with Crippen molar-refractivity contribution < 1.29 is 18.8 Å². The van der Waals surface area contributed by atoms with Crippen molar-refractivity contribution in [2.24, 2.45) is 0 Å². The molecule has 3 rings (SSSR count). The SMILES string of the molecule is CO[C@@]1(COc2ccccc2C)CCCN(C(=O)c2conc2C)C1. The first kappa shape index (κ1) is 17.5. The van der Waals surface area contributed by atoms with Gasteiger partial charge in [0.1, 0.15) is 29.8 Å². The topological polar surface area (TPSA) is 64.8 Å². The second-order valence-corrected chi connectivity index (χ2v) is 6.59. The van der Waals surface area contributed by atoms with Crippen LogP contribution in [0.5, 0.6) is 5.75 Å². The van der Waals surface area contributed by atoms with Gasteiger partial charge in [-0.15, -0.1) is 0 Å². The lowest BCUT2D eigenvalue weighted by molar-refractivity contribution is -0.0826. The van der Waals surface area contributed by atoms with Gasteiger partial charge < -0.3 is 18.9 Å². The molecule has 2 aromatic rings. The minimum Gasteiger partial charge on any atom is -0.490 e. The van der Waals surface area contributed by atoms with Gasteiger partial charge in [0.2, 0.25) is 0 Å². The minimum absolute atomic E-state index is 0.0734. The summed E-state index contributed by atoms with van der Waals surface area (Å²) in [6.45, 7) is 5.37. The first-order valence-corrected chi connectivity index (χ1v) is 8.48. The van der Waals surface area contributed by atoms with Gasteiger partial charge in [-0.05, 0) is 38.3 Å². The summed E-state index contributed by atoms with van der Waals surface area (Å²) >= 11 is 0. The van der Waals surface area contributed by atoms with Crippen LogP contribution in [0.4, 0.5) is 0 Å². The summed E-state index contributed by atoms with van der Waals surface area (Å²) in [5.74, 6) is 0.771. The van der Waals surface area contributed by atoms with E-state index >= 15 is 0 Å². The van der Waals surface area contributed by atoms with Crippen LogP contribution in [-0.2, 0) is 4.74 Å².